The first-order valence-electron chi connectivity index (χ1n) is 16.6. The first-order valence-corrected chi connectivity index (χ1v) is 16.6. The highest BCUT2D eigenvalue weighted by Crippen LogP contribution is 2.31. The molecule has 8 nitrogen and oxygen atoms in total. The minimum Gasteiger partial charge on any atom is -0.457 e. The highest BCUT2D eigenvalue weighted by Gasteiger charge is 2.13. The third kappa shape index (κ3) is 6.05. The zero-order valence-electron chi connectivity index (χ0n) is 27.5. The molecule has 52 heavy (non-hydrogen) atoms. The zero-order chi connectivity index (χ0) is 35.0. The second kappa shape index (κ2) is 12.9. The normalized spacial score (nSPS) is 11.2. The smallest absolute Gasteiger partial charge is 0.197 e. The van der Waals surface area contributed by atoms with E-state index in [1.165, 1.54) is 0 Å². The summed E-state index contributed by atoms with van der Waals surface area (Å²) in [7, 11) is 0. The number of rotatable bonds is 8. The second-order valence-corrected chi connectivity index (χ2v) is 12.2. The lowest BCUT2D eigenvalue weighted by molar-refractivity contribution is 0.469. The molecule has 0 saturated carbocycles. The van der Waals surface area contributed by atoms with Crippen LogP contribution in [0.4, 0.5) is 0 Å². The maximum Gasteiger partial charge on any atom is 0.197 e. The van der Waals surface area contributed by atoms with Crippen molar-refractivity contribution in [3.05, 3.63) is 178 Å². The van der Waals surface area contributed by atoms with E-state index in [4.69, 9.17) is 18.9 Å². The summed E-state index contributed by atoms with van der Waals surface area (Å²) >= 11 is 0. The number of fused-ring (bicyclic) bond motifs is 4. The van der Waals surface area contributed by atoms with Crippen molar-refractivity contribution in [2.45, 2.75) is 0 Å². The van der Waals surface area contributed by atoms with Crippen molar-refractivity contribution in [3.63, 3.8) is 0 Å². The molecular formula is C44H28N2O6. The molecule has 2 N–H and O–H groups in total. The van der Waals surface area contributed by atoms with Gasteiger partial charge in [0.25, 0.3) is 0 Å². The standard InChI is InChI=1S/C44H28N2O6/c47-43-35-21-19-33(51-31-15-11-29(12-16-31)49-27-7-3-1-4-8-27)23-39(35)45-41-25-38-42(26-37(41)43)46-40-24-34(20-22-36(40)44(38)48)52-32-17-13-30(14-18-32)50-28-9-5-2-6-10-28/h1-26H,(H,45,47)(H,46,48). The Hall–Kier alpha value is -7.32. The van der Waals surface area contributed by atoms with Crippen molar-refractivity contribution in [2.24, 2.45) is 0 Å². The fourth-order valence-corrected chi connectivity index (χ4v) is 6.21. The molecule has 0 amide bonds. The zero-order valence-corrected chi connectivity index (χ0v) is 27.5. The fourth-order valence-electron chi connectivity index (χ4n) is 6.21. The van der Waals surface area contributed by atoms with Gasteiger partial charge >= 0.3 is 0 Å². The molecule has 2 heterocycles. The first-order chi connectivity index (χ1) is 25.5. The van der Waals surface area contributed by atoms with E-state index in [0.29, 0.717) is 78.1 Å². The highest BCUT2D eigenvalue weighted by atomic mass is 16.5. The fraction of sp³-hybridized carbons (Fsp3) is 0. The van der Waals surface area contributed by atoms with E-state index in [1.54, 1.807) is 48.5 Å². The van der Waals surface area contributed by atoms with Crippen molar-refractivity contribution in [1.29, 1.82) is 0 Å². The first kappa shape index (κ1) is 30.7. The quantitative estimate of drug-likeness (QED) is 0.155. The molecule has 9 rings (SSSR count). The van der Waals surface area contributed by atoms with Crippen LogP contribution in [0.25, 0.3) is 43.6 Å². The van der Waals surface area contributed by atoms with Crippen LogP contribution in [0.3, 0.4) is 0 Å². The van der Waals surface area contributed by atoms with Gasteiger partial charge in [-0.2, -0.15) is 0 Å². The maximum absolute atomic E-state index is 13.7. The van der Waals surface area contributed by atoms with Gasteiger partial charge in [0.15, 0.2) is 10.9 Å². The maximum atomic E-state index is 13.7. The summed E-state index contributed by atoms with van der Waals surface area (Å²) in [5.41, 5.74) is 1.98. The van der Waals surface area contributed by atoms with Gasteiger partial charge in [0, 0.05) is 33.7 Å². The summed E-state index contributed by atoms with van der Waals surface area (Å²) in [5, 5.41) is 1.93. The number of pyridine rings is 2. The Labute approximate surface area is 296 Å². The number of aromatic amines is 2. The van der Waals surface area contributed by atoms with E-state index in [1.807, 2.05) is 109 Å². The Morgan fingerprint density at radius 2 is 0.577 bits per heavy atom. The van der Waals surface area contributed by atoms with Gasteiger partial charge in [0.05, 0.1) is 22.1 Å². The van der Waals surface area contributed by atoms with Crippen molar-refractivity contribution < 1.29 is 18.9 Å². The van der Waals surface area contributed by atoms with Gasteiger partial charge in [0.1, 0.15) is 46.0 Å². The van der Waals surface area contributed by atoms with Crippen molar-refractivity contribution in [1.82, 2.24) is 9.97 Å². The third-order valence-electron chi connectivity index (χ3n) is 8.73. The van der Waals surface area contributed by atoms with Gasteiger partial charge < -0.3 is 28.9 Å². The third-order valence-corrected chi connectivity index (χ3v) is 8.73. The molecule has 0 radical (unpaired) electrons. The molecule has 0 spiro atoms. The summed E-state index contributed by atoms with van der Waals surface area (Å²) in [6.07, 6.45) is 0. The molecule has 0 atom stereocenters. The van der Waals surface area contributed by atoms with Gasteiger partial charge in [-0.3, -0.25) is 9.59 Å². The molecule has 250 valence electrons. The minimum absolute atomic E-state index is 0.155. The largest absolute Gasteiger partial charge is 0.457 e. The Kier molecular flexibility index (Phi) is 7.59. The predicted molar refractivity (Wildman–Crippen MR) is 204 cm³/mol. The van der Waals surface area contributed by atoms with E-state index >= 15 is 0 Å². The van der Waals surface area contributed by atoms with Gasteiger partial charge in [-0.1, -0.05) is 36.4 Å². The topological polar surface area (TPSA) is 103 Å². The lowest BCUT2D eigenvalue weighted by atomic mass is 10.1. The molecule has 0 unspecified atom stereocenters. The molecule has 0 fully saturated rings. The minimum atomic E-state index is -0.155. The number of hydrogen-bond donors (Lipinski definition) is 2. The average molecular weight is 681 g/mol. The molecule has 8 heteroatoms. The molecule has 2 aromatic heterocycles. The van der Waals surface area contributed by atoms with Gasteiger partial charge in [-0.25, -0.2) is 0 Å². The Morgan fingerprint density at radius 1 is 0.288 bits per heavy atom. The summed E-state index contributed by atoms with van der Waals surface area (Å²) in [6.45, 7) is 0. The van der Waals surface area contributed by atoms with Gasteiger partial charge in [0.2, 0.25) is 0 Å². The molecule has 9 aromatic rings. The summed E-state index contributed by atoms with van der Waals surface area (Å²) in [6, 6.07) is 47.8. The number of ether oxygens (including phenoxy) is 4. The summed E-state index contributed by atoms with van der Waals surface area (Å²) in [5.74, 6) is 5.22. The van der Waals surface area contributed by atoms with Crippen LogP contribution in [0.15, 0.2) is 167 Å². The van der Waals surface area contributed by atoms with Crippen LogP contribution >= 0.6 is 0 Å². The Morgan fingerprint density at radius 3 is 0.942 bits per heavy atom. The number of para-hydroxylation sites is 2. The number of nitrogens with one attached hydrogen (secondary N) is 2. The molecule has 0 saturated heterocycles. The van der Waals surface area contributed by atoms with E-state index in [9.17, 15) is 9.59 Å². The number of aromatic nitrogens is 2. The summed E-state index contributed by atoms with van der Waals surface area (Å²) in [4.78, 5) is 34.2. The Bertz CT molecular complexity index is 2670. The molecule has 0 aliphatic carbocycles. The van der Waals surface area contributed by atoms with Gasteiger partial charge in [-0.05, 0) is 109 Å². The van der Waals surface area contributed by atoms with Crippen LogP contribution in [0.5, 0.6) is 46.0 Å². The van der Waals surface area contributed by atoms with Crippen LogP contribution in [-0.4, -0.2) is 9.97 Å². The number of benzene rings is 7. The van der Waals surface area contributed by atoms with Crippen molar-refractivity contribution >= 4 is 43.6 Å². The summed E-state index contributed by atoms with van der Waals surface area (Å²) < 4.78 is 24.0. The lowest BCUT2D eigenvalue weighted by Crippen LogP contribution is -2.08. The van der Waals surface area contributed by atoms with E-state index in [0.717, 1.165) is 11.5 Å². The van der Waals surface area contributed by atoms with Crippen LogP contribution in [0.2, 0.25) is 0 Å². The van der Waals surface area contributed by atoms with Crippen molar-refractivity contribution in [3.8, 4) is 46.0 Å². The SMILES string of the molecule is O=c1c2ccc(Oc3ccc(Oc4ccccc4)cc3)cc2[nH]c2cc3c(=O)c4ccc(Oc5ccc(Oc6ccccc6)cc5)cc4[nH]c3cc12. The second-order valence-electron chi connectivity index (χ2n) is 12.2. The highest BCUT2D eigenvalue weighted by molar-refractivity contribution is 6.03. The molecule has 0 aliphatic heterocycles. The van der Waals surface area contributed by atoms with E-state index in [-0.39, 0.29) is 10.9 Å². The predicted octanol–water partition coefficient (Wildman–Crippen LogP) is 10.8. The molecular weight excluding hydrogens is 652 g/mol. The molecule has 0 aliphatic rings. The van der Waals surface area contributed by atoms with Crippen molar-refractivity contribution in [2.75, 3.05) is 0 Å². The number of hydrogen-bond acceptors (Lipinski definition) is 6. The molecule has 7 aromatic carbocycles. The van der Waals surface area contributed by atoms with Crippen LogP contribution in [-0.2, 0) is 0 Å². The van der Waals surface area contributed by atoms with Gasteiger partial charge in [-0.15, -0.1) is 0 Å². The monoisotopic (exact) mass is 680 g/mol. The lowest BCUT2D eigenvalue weighted by Gasteiger charge is -2.11. The number of H-pyrrole nitrogens is 2. The average Bonchev–Trinajstić information content (AvgIpc) is 3.17. The van der Waals surface area contributed by atoms with E-state index in [2.05, 4.69) is 9.97 Å². The Balaban J connectivity index is 0.985. The van der Waals surface area contributed by atoms with E-state index < -0.39 is 0 Å². The van der Waals surface area contributed by atoms with Crippen LogP contribution in [0, 0.1) is 0 Å². The van der Waals surface area contributed by atoms with Crippen LogP contribution < -0.4 is 29.8 Å². The molecule has 0 bridgehead atoms. The van der Waals surface area contributed by atoms with Crippen LogP contribution in [0.1, 0.15) is 0 Å².